The Morgan fingerprint density at radius 3 is 3.10 bits per heavy atom. The Kier molecular flexibility index (Phi) is 3.31. The largest absolute Gasteiger partial charge is 0.340 e. The van der Waals surface area contributed by atoms with Crippen molar-refractivity contribution in [2.75, 3.05) is 11.6 Å². The van der Waals surface area contributed by atoms with Crippen LogP contribution in [0.1, 0.15) is 16.9 Å². The summed E-state index contributed by atoms with van der Waals surface area (Å²) in [6.07, 6.45) is 7.36. The highest BCUT2D eigenvalue weighted by molar-refractivity contribution is 7.98. The van der Waals surface area contributed by atoms with E-state index in [2.05, 4.69) is 45.8 Å². The molecular weight excluding hydrogens is 298 g/mol. The molecule has 1 aromatic carbocycles. The molecule has 0 saturated heterocycles. The van der Waals surface area contributed by atoms with E-state index in [1.54, 1.807) is 18.1 Å². The summed E-state index contributed by atoms with van der Waals surface area (Å²) in [6.45, 7) is 0. The molecule has 0 atom stereocenters. The zero-order valence-electron chi connectivity index (χ0n) is 11.7. The Morgan fingerprint density at radius 2 is 2.19 bits per heavy atom. The van der Waals surface area contributed by atoms with Gasteiger partial charge in [-0.2, -0.15) is 0 Å². The van der Waals surface area contributed by atoms with Crippen LogP contribution in [-0.4, -0.2) is 16.2 Å². The van der Waals surface area contributed by atoms with Gasteiger partial charge in [-0.1, -0.05) is 6.07 Å². The molecule has 1 aliphatic rings. The highest BCUT2D eigenvalue weighted by Gasteiger charge is 2.21. The fourth-order valence-corrected chi connectivity index (χ4v) is 4.55. The van der Waals surface area contributed by atoms with Gasteiger partial charge in [-0.15, -0.1) is 23.1 Å². The number of thiophene rings is 1. The first-order valence-corrected chi connectivity index (χ1v) is 9.05. The average molecular weight is 313 g/mol. The van der Waals surface area contributed by atoms with Gasteiger partial charge in [0.2, 0.25) is 0 Å². The van der Waals surface area contributed by atoms with E-state index in [1.807, 2.05) is 11.3 Å². The molecule has 3 nitrogen and oxygen atoms in total. The minimum absolute atomic E-state index is 0.942. The Bertz CT molecular complexity index is 810. The number of nitrogens with zero attached hydrogens (tertiary/aromatic N) is 2. The monoisotopic (exact) mass is 313 g/mol. The van der Waals surface area contributed by atoms with E-state index in [1.165, 1.54) is 33.6 Å². The van der Waals surface area contributed by atoms with Crippen LogP contribution in [0.3, 0.4) is 0 Å². The molecule has 0 bridgehead atoms. The maximum absolute atomic E-state index is 4.49. The van der Waals surface area contributed by atoms with E-state index in [4.69, 9.17) is 0 Å². The van der Waals surface area contributed by atoms with Crippen molar-refractivity contribution in [2.45, 2.75) is 24.2 Å². The topological polar surface area (TPSA) is 37.8 Å². The minimum Gasteiger partial charge on any atom is -0.340 e. The van der Waals surface area contributed by atoms with E-state index >= 15 is 0 Å². The quantitative estimate of drug-likeness (QED) is 0.715. The zero-order chi connectivity index (χ0) is 14.2. The molecule has 1 N–H and O–H groups in total. The molecule has 106 valence electrons. The lowest BCUT2D eigenvalue weighted by Crippen LogP contribution is -1.96. The first-order valence-electron chi connectivity index (χ1n) is 7.01. The van der Waals surface area contributed by atoms with Crippen molar-refractivity contribution in [2.24, 2.45) is 0 Å². The van der Waals surface area contributed by atoms with Crippen LogP contribution in [0, 0.1) is 0 Å². The highest BCUT2D eigenvalue weighted by Crippen LogP contribution is 2.39. The van der Waals surface area contributed by atoms with Crippen LogP contribution in [0.2, 0.25) is 0 Å². The summed E-state index contributed by atoms with van der Waals surface area (Å²) in [5.74, 6) is 0.942. The van der Waals surface area contributed by atoms with Crippen LogP contribution in [0.25, 0.3) is 10.2 Å². The first kappa shape index (κ1) is 13.1. The molecule has 0 fully saturated rings. The molecule has 3 aromatic rings. The number of rotatable bonds is 3. The zero-order valence-corrected chi connectivity index (χ0v) is 13.4. The molecular formula is C16H15N3S2. The smallest absolute Gasteiger partial charge is 0.142 e. The number of aromatic nitrogens is 2. The summed E-state index contributed by atoms with van der Waals surface area (Å²) in [7, 11) is 0. The Labute approximate surface area is 131 Å². The molecule has 21 heavy (non-hydrogen) atoms. The highest BCUT2D eigenvalue weighted by atomic mass is 32.2. The van der Waals surface area contributed by atoms with Gasteiger partial charge in [0.25, 0.3) is 0 Å². The lowest BCUT2D eigenvalue weighted by molar-refractivity contribution is 0.917. The number of hydrogen-bond acceptors (Lipinski definition) is 5. The van der Waals surface area contributed by atoms with Crippen LogP contribution < -0.4 is 5.32 Å². The maximum Gasteiger partial charge on any atom is 0.142 e. The second-order valence-corrected chi connectivity index (χ2v) is 7.08. The third-order valence-electron chi connectivity index (χ3n) is 3.83. The van der Waals surface area contributed by atoms with Crippen molar-refractivity contribution in [1.29, 1.82) is 0 Å². The molecule has 0 spiro atoms. The molecule has 0 saturated carbocycles. The van der Waals surface area contributed by atoms with E-state index in [9.17, 15) is 0 Å². The van der Waals surface area contributed by atoms with E-state index in [0.29, 0.717) is 0 Å². The number of aryl methyl sites for hydroxylation is 2. The van der Waals surface area contributed by atoms with E-state index < -0.39 is 0 Å². The Balaban J connectivity index is 1.79. The van der Waals surface area contributed by atoms with Gasteiger partial charge in [-0.3, -0.25) is 0 Å². The van der Waals surface area contributed by atoms with Crippen LogP contribution >= 0.6 is 23.1 Å². The number of benzene rings is 1. The van der Waals surface area contributed by atoms with E-state index in [-0.39, 0.29) is 0 Å². The third-order valence-corrected chi connectivity index (χ3v) is 5.76. The van der Waals surface area contributed by atoms with Gasteiger partial charge >= 0.3 is 0 Å². The number of thioether (sulfide) groups is 1. The van der Waals surface area contributed by atoms with Crippen molar-refractivity contribution in [1.82, 2.24) is 9.97 Å². The fraction of sp³-hybridized carbons (Fsp3) is 0.250. The summed E-state index contributed by atoms with van der Waals surface area (Å²) in [5.41, 5.74) is 2.54. The first-order chi connectivity index (χ1) is 10.3. The molecule has 0 aliphatic heterocycles. The molecule has 2 heterocycles. The predicted molar refractivity (Wildman–Crippen MR) is 90.9 cm³/mol. The third kappa shape index (κ3) is 2.30. The molecule has 0 amide bonds. The second-order valence-electron chi connectivity index (χ2n) is 5.12. The van der Waals surface area contributed by atoms with Crippen LogP contribution in [0.15, 0.2) is 35.5 Å². The van der Waals surface area contributed by atoms with Gasteiger partial charge < -0.3 is 5.32 Å². The van der Waals surface area contributed by atoms with Crippen LogP contribution in [0.5, 0.6) is 0 Å². The molecule has 5 heteroatoms. The molecule has 2 aromatic heterocycles. The number of fused-ring (bicyclic) bond motifs is 3. The van der Waals surface area contributed by atoms with Gasteiger partial charge in [-0.05, 0) is 49.3 Å². The predicted octanol–water partition coefficient (Wildman–Crippen LogP) is 4.65. The fourth-order valence-electron chi connectivity index (χ4n) is 2.86. The summed E-state index contributed by atoms with van der Waals surface area (Å²) < 4.78 is 0. The van der Waals surface area contributed by atoms with Crippen LogP contribution in [0.4, 0.5) is 11.5 Å². The van der Waals surface area contributed by atoms with Crippen molar-refractivity contribution >= 4 is 44.8 Å². The second kappa shape index (κ2) is 5.31. The molecule has 1 aliphatic carbocycles. The lowest BCUT2D eigenvalue weighted by Gasteiger charge is -2.08. The van der Waals surface area contributed by atoms with E-state index in [0.717, 1.165) is 22.8 Å². The van der Waals surface area contributed by atoms with Crippen LogP contribution in [-0.2, 0) is 12.8 Å². The van der Waals surface area contributed by atoms with Gasteiger partial charge in [0.1, 0.15) is 17.0 Å². The standard InChI is InChI=1S/C16H15N3S2/c1-20-11-5-2-4-10(8-11)19-15-14-12-6-3-7-13(12)21-16(14)18-9-17-15/h2,4-5,8-9H,3,6-7H2,1H3,(H,17,18,19). The van der Waals surface area contributed by atoms with Crippen molar-refractivity contribution in [3.05, 3.63) is 41.0 Å². The summed E-state index contributed by atoms with van der Waals surface area (Å²) >= 11 is 3.57. The minimum atomic E-state index is 0.942. The number of anilines is 2. The molecule has 4 rings (SSSR count). The van der Waals surface area contributed by atoms with Gasteiger partial charge in [0.05, 0.1) is 5.39 Å². The van der Waals surface area contributed by atoms with Crippen molar-refractivity contribution in [3.8, 4) is 0 Å². The SMILES string of the molecule is CSc1cccc(Nc2ncnc3sc4c(c23)CCC4)c1. The summed E-state index contributed by atoms with van der Waals surface area (Å²) in [5, 5.41) is 4.71. The van der Waals surface area contributed by atoms with Crippen molar-refractivity contribution < 1.29 is 0 Å². The Morgan fingerprint density at radius 1 is 1.24 bits per heavy atom. The van der Waals surface area contributed by atoms with Gasteiger partial charge in [0, 0.05) is 15.5 Å². The normalized spacial score (nSPS) is 13.6. The van der Waals surface area contributed by atoms with Crippen molar-refractivity contribution in [3.63, 3.8) is 0 Å². The molecule has 0 radical (unpaired) electrons. The summed E-state index contributed by atoms with van der Waals surface area (Å²) in [6, 6.07) is 8.43. The Hall–Kier alpha value is -1.59. The lowest BCUT2D eigenvalue weighted by atomic mass is 10.2. The average Bonchev–Trinajstić information content (AvgIpc) is 3.08. The number of nitrogens with one attached hydrogen (secondary N) is 1. The molecule has 0 unspecified atom stereocenters. The van der Waals surface area contributed by atoms with Gasteiger partial charge in [0.15, 0.2) is 0 Å². The maximum atomic E-state index is 4.49. The number of hydrogen-bond donors (Lipinski definition) is 1. The van der Waals surface area contributed by atoms with Gasteiger partial charge in [-0.25, -0.2) is 9.97 Å². The summed E-state index contributed by atoms with van der Waals surface area (Å²) in [4.78, 5) is 12.8.